The minimum absolute atomic E-state index is 0.490. The van der Waals surface area contributed by atoms with E-state index in [-0.39, 0.29) is 0 Å². The molecule has 0 saturated heterocycles. The molecule has 1 nitrogen and oxygen atoms in total. The van der Waals surface area contributed by atoms with E-state index in [1.165, 1.54) is 0 Å². The van der Waals surface area contributed by atoms with E-state index in [0.29, 0.717) is 12.8 Å². The zero-order chi connectivity index (χ0) is 7.35. The summed E-state index contributed by atoms with van der Waals surface area (Å²) < 4.78 is 25.2. The molecule has 0 bridgehead atoms. The fourth-order valence-electron chi connectivity index (χ4n) is 2.04. The Hall–Kier alpha value is -0.180. The molecule has 2 aliphatic rings. The second kappa shape index (κ2) is 1.70. The maximum atomic E-state index is 12.6. The summed E-state index contributed by atoms with van der Waals surface area (Å²) in [6.45, 7) is 0. The molecule has 1 N–H and O–H groups in total. The number of alkyl halides is 2. The van der Waals surface area contributed by atoms with Gasteiger partial charge < -0.3 is 5.11 Å². The highest BCUT2D eigenvalue weighted by molar-refractivity contribution is 5.10. The van der Waals surface area contributed by atoms with Gasteiger partial charge in [-0.3, -0.25) is 0 Å². The largest absolute Gasteiger partial charge is 0.393 e. The first-order chi connectivity index (χ1) is 4.64. The smallest absolute Gasteiger partial charge is 0.257 e. The highest BCUT2D eigenvalue weighted by Gasteiger charge is 2.71. The summed E-state index contributed by atoms with van der Waals surface area (Å²) >= 11 is 0. The Kier molecular flexibility index (Phi) is 1.11. The molecule has 0 aromatic heterocycles. The van der Waals surface area contributed by atoms with E-state index in [1.54, 1.807) is 0 Å². The summed E-state index contributed by atoms with van der Waals surface area (Å²) in [5, 5.41) is 9.07. The Morgan fingerprint density at radius 2 is 2.00 bits per heavy atom. The third-order valence-electron chi connectivity index (χ3n) is 2.69. The SMILES string of the molecule is O[C@@H]1CCC[C@H]2[C@H]1C2(F)F. The lowest BCUT2D eigenvalue weighted by molar-refractivity contribution is 0.0466. The molecule has 0 aromatic carbocycles. The van der Waals surface area contributed by atoms with Crippen LogP contribution in [0.2, 0.25) is 0 Å². The second-order valence-corrected chi connectivity index (χ2v) is 3.31. The van der Waals surface area contributed by atoms with Gasteiger partial charge in [-0.25, -0.2) is 8.78 Å². The van der Waals surface area contributed by atoms with Crippen LogP contribution < -0.4 is 0 Å². The monoisotopic (exact) mass is 148 g/mol. The van der Waals surface area contributed by atoms with Gasteiger partial charge in [0.25, 0.3) is 5.92 Å². The molecule has 0 aromatic rings. The summed E-state index contributed by atoms with van der Waals surface area (Å²) in [6, 6.07) is 0. The molecule has 3 atom stereocenters. The van der Waals surface area contributed by atoms with Crippen LogP contribution >= 0.6 is 0 Å². The molecule has 3 heteroatoms. The van der Waals surface area contributed by atoms with Crippen LogP contribution in [0.1, 0.15) is 19.3 Å². The topological polar surface area (TPSA) is 20.2 Å². The van der Waals surface area contributed by atoms with Crippen molar-refractivity contribution in [3.63, 3.8) is 0 Å². The number of aliphatic hydroxyl groups is 1. The van der Waals surface area contributed by atoms with Crippen LogP contribution in [0, 0.1) is 11.8 Å². The van der Waals surface area contributed by atoms with E-state index in [9.17, 15) is 8.78 Å². The van der Waals surface area contributed by atoms with Crippen molar-refractivity contribution in [2.45, 2.75) is 31.3 Å². The zero-order valence-corrected chi connectivity index (χ0v) is 5.56. The Labute approximate surface area is 58.0 Å². The van der Waals surface area contributed by atoms with Crippen LogP contribution in [0.5, 0.6) is 0 Å². The van der Waals surface area contributed by atoms with Crippen LogP contribution in [0.4, 0.5) is 8.78 Å². The summed E-state index contributed by atoms with van der Waals surface area (Å²) in [4.78, 5) is 0. The fraction of sp³-hybridized carbons (Fsp3) is 1.00. The molecular formula is C7H10F2O. The Bertz CT molecular complexity index is 158. The maximum Gasteiger partial charge on any atom is 0.257 e. The van der Waals surface area contributed by atoms with Crippen LogP contribution in [0.15, 0.2) is 0 Å². The summed E-state index contributed by atoms with van der Waals surface area (Å²) in [6.07, 6.45) is 1.21. The van der Waals surface area contributed by atoms with Gasteiger partial charge in [-0.15, -0.1) is 0 Å². The van der Waals surface area contributed by atoms with E-state index in [1.807, 2.05) is 0 Å². The van der Waals surface area contributed by atoms with Crippen molar-refractivity contribution >= 4 is 0 Å². The molecule has 2 rings (SSSR count). The van der Waals surface area contributed by atoms with E-state index in [4.69, 9.17) is 5.11 Å². The van der Waals surface area contributed by atoms with Crippen molar-refractivity contribution < 1.29 is 13.9 Å². The number of rotatable bonds is 0. The number of hydrogen-bond acceptors (Lipinski definition) is 1. The lowest BCUT2D eigenvalue weighted by Crippen LogP contribution is -2.16. The third kappa shape index (κ3) is 0.641. The number of aliphatic hydroxyl groups excluding tert-OH is 1. The zero-order valence-electron chi connectivity index (χ0n) is 5.56. The van der Waals surface area contributed by atoms with E-state index in [2.05, 4.69) is 0 Å². The van der Waals surface area contributed by atoms with Gasteiger partial charge in [-0.05, 0) is 12.8 Å². The highest BCUT2D eigenvalue weighted by atomic mass is 19.3. The third-order valence-corrected chi connectivity index (χ3v) is 2.69. The van der Waals surface area contributed by atoms with E-state index in [0.717, 1.165) is 6.42 Å². The normalized spacial score (nSPS) is 50.1. The summed E-state index contributed by atoms with van der Waals surface area (Å²) in [7, 11) is 0. The van der Waals surface area contributed by atoms with Crippen LogP contribution in [0.3, 0.4) is 0 Å². The molecule has 0 heterocycles. The molecule has 0 spiro atoms. The number of hydrogen-bond donors (Lipinski definition) is 1. The molecule has 2 aliphatic carbocycles. The molecule has 0 amide bonds. The van der Waals surface area contributed by atoms with Gasteiger partial charge >= 0.3 is 0 Å². The van der Waals surface area contributed by atoms with Crippen molar-refractivity contribution in [2.24, 2.45) is 11.8 Å². The molecule has 2 fully saturated rings. The van der Waals surface area contributed by atoms with Crippen molar-refractivity contribution in [3.8, 4) is 0 Å². The van der Waals surface area contributed by atoms with Gasteiger partial charge in [-0.2, -0.15) is 0 Å². The Morgan fingerprint density at radius 1 is 1.30 bits per heavy atom. The quantitative estimate of drug-likeness (QED) is 0.550. The molecule has 58 valence electrons. The molecule has 0 aliphatic heterocycles. The van der Waals surface area contributed by atoms with Gasteiger partial charge in [0.2, 0.25) is 0 Å². The Balaban J connectivity index is 2.11. The number of halogens is 2. The van der Waals surface area contributed by atoms with Crippen molar-refractivity contribution in [1.82, 2.24) is 0 Å². The van der Waals surface area contributed by atoms with Gasteiger partial charge in [0.15, 0.2) is 0 Å². The van der Waals surface area contributed by atoms with Crippen molar-refractivity contribution in [2.75, 3.05) is 0 Å². The molecule has 0 radical (unpaired) electrons. The molecule has 2 saturated carbocycles. The maximum absolute atomic E-state index is 12.6. The molecular weight excluding hydrogens is 138 g/mol. The lowest BCUT2D eigenvalue weighted by Gasteiger charge is -2.12. The number of fused-ring (bicyclic) bond motifs is 1. The standard InChI is InChI=1S/C7H10F2O/c8-7(9)4-2-1-3-5(10)6(4)7/h4-6,10H,1-3H2/t4-,5+,6+/m0/s1. The predicted octanol–water partition coefficient (Wildman–Crippen LogP) is 1.41. The predicted molar refractivity (Wildman–Crippen MR) is 31.8 cm³/mol. The first kappa shape index (κ1) is 6.53. The van der Waals surface area contributed by atoms with Crippen LogP contribution in [-0.4, -0.2) is 17.1 Å². The van der Waals surface area contributed by atoms with Gasteiger partial charge in [-0.1, -0.05) is 6.42 Å². The molecule has 0 unspecified atom stereocenters. The van der Waals surface area contributed by atoms with Crippen LogP contribution in [0.25, 0.3) is 0 Å². The average Bonchev–Trinajstić information content (AvgIpc) is 2.38. The minimum atomic E-state index is -2.53. The average molecular weight is 148 g/mol. The Morgan fingerprint density at radius 3 is 2.50 bits per heavy atom. The van der Waals surface area contributed by atoms with E-state index < -0.39 is 23.9 Å². The minimum Gasteiger partial charge on any atom is -0.393 e. The highest BCUT2D eigenvalue weighted by Crippen LogP contribution is 2.62. The lowest BCUT2D eigenvalue weighted by atomic mass is 9.98. The summed E-state index contributed by atoms with van der Waals surface area (Å²) in [5.41, 5.74) is 0. The summed E-state index contributed by atoms with van der Waals surface area (Å²) in [5.74, 6) is -3.71. The second-order valence-electron chi connectivity index (χ2n) is 3.31. The van der Waals surface area contributed by atoms with Crippen LogP contribution in [-0.2, 0) is 0 Å². The van der Waals surface area contributed by atoms with Gasteiger partial charge in [0.05, 0.1) is 12.0 Å². The van der Waals surface area contributed by atoms with E-state index >= 15 is 0 Å². The first-order valence-electron chi connectivity index (χ1n) is 3.70. The fourth-order valence-corrected chi connectivity index (χ4v) is 2.04. The van der Waals surface area contributed by atoms with Crippen molar-refractivity contribution in [1.29, 1.82) is 0 Å². The molecule has 10 heavy (non-hydrogen) atoms. The van der Waals surface area contributed by atoms with Gasteiger partial charge in [0, 0.05) is 5.92 Å². The first-order valence-corrected chi connectivity index (χ1v) is 3.70. The van der Waals surface area contributed by atoms with Gasteiger partial charge in [0.1, 0.15) is 0 Å². The van der Waals surface area contributed by atoms with Crippen molar-refractivity contribution in [3.05, 3.63) is 0 Å².